The van der Waals surface area contributed by atoms with Crippen molar-refractivity contribution < 1.29 is 13.5 Å². The lowest BCUT2D eigenvalue weighted by Gasteiger charge is -2.32. The van der Waals surface area contributed by atoms with Crippen LogP contribution in [0, 0.1) is 0 Å². The molecule has 22 heavy (non-hydrogen) atoms. The van der Waals surface area contributed by atoms with E-state index in [9.17, 15) is 8.78 Å². The molecule has 1 atom stereocenters. The number of nitrogens with one attached hydrogen (secondary N) is 1. The van der Waals surface area contributed by atoms with Gasteiger partial charge in [-0.2, -0.15) is 0 Å². The number of hydrogen-bond donors (Lipinski definition) is 1. The first-order chi connectivity index (χ1) is 10.6. The van der Waals surface area contributed by atoms with Gasteiger partial charge in [0.2, 0.25) is 0 Å². The van der Waals surface area contributed by atoms with E-state index in [1.807, 2.05) is 17.0 Å². The Kier molecular flexibility index (Phi) is 6.58. The number of hydrogen-bond acceptors (Lipinski definition) is 3. The summed E-state index contributed by atoms with van der Waals surface area (Å²) < 4.78 is 29.9. The Labute approximate surface area is 131 Å². The topological polar surface area (TPSA) is 24.5 Å². The van der Waals surface area contributed by atoms with E-state index in [1.165, 1.54) is 5.56 Å². The summed E-state index contributed by atoms with van der Waals surface area (Å²) in [6.45, 7) is 4.54. The van der Waals surface area contributed by atoms with Crippen molar-refractivity contribution in [2.24, 2.45) is 0 Å². The Morgan fingerprint density at radius 2 is 1.86 bits per heavy atom. The summed E-state index contributed by atoms with van der Waals surface area (Å²) in [5.41, 5.74) is 1.28. The highest BCUT2D eigenvalue weighted by Gasteiger charge is 2.21. The second-order valence-electron chi connectivity index (χ2n) is 6.05. The minimum atomic E-state index is -2.22. The Balaban J connectivity index is 1.71. The summed E-state index contributed by atoms with van der Waals surface area (Å²) in [4.78, 5) is 1.86. The molecule has 1 aliphatic rings. The van der Waals surface area contributed by atoms with Crippen LogP contribution in [0.5, 0.6) is 5.75 Å². The van der Waals surface area contributed by atoms with Gasteiger partial charge in [0.25, 0.3) is 6.43 Å². The molecule has 0 spiro atoms. The lowest BCUT2D eigenvalue weighted by molar-refractivity contribution is 0.0730. The van der Waals surface area contributed by atoms with Crippen LogP contribution in [-0.4, -0.2) is 50.7 Å². The van der Waals surface area contributed by atoms with Crippen LogP contribution >= 0.6 is 0 Å². The van der Waals surface area contributed by atoms with Crippen LogP contribution in [-0.2, 0) is 0 Å². The van der Waals surface area contributed by atoms with E-state index in [4.69, 9.17) is 4.74 Å². The molecule has 0 aromatic heterocycles. The summed E-state index contributed by atoms with van der Waals surface area (Å²) in [6.07, 6.45) is -0.330. The first kappa shape index (κ1) is 17.2. The minimum Gasteiger partial charge on any atom is -0.497 e. The molecule has 1 aliphatic heterocycles. The lowest BCUT2D eigenvalue weighted by atomic mass is 9.99. The number of nitrogens with zero attached hydrogens (tertiary/aromatic N) is 1. The van der Waals surface area contributed by atoms with E-state index in [-0.39, 0.29) is 6.54 Å². The summed E-state index contributed by atoms with van der Waals surface area (Å²) >= 11 is 0. The van der Waals surface area contributed by atoms with Crippen LogP contribution in [0.15, 0.2) is 24.3 Å². The number of ether oxygens (including phenoxy) is 1. The number of benzene rings is 1. The van der Waals surface area contributed by atoms with Gasteiger partial charge in [-0.25, -0.2) is 8.78 Å². The van der Waals surface area contributed by atoms with Crippen molar-refractivity contribution in [3.63, 3.8) is 0 Å². The van der Waals surface area contributed by atoms with Gasteiger partial charge in [-0.15, -0.1) is 0 Å². The predicted octanol–water partition coefficient (Wildman–Crippen LogP) is 3.12. The van der Waals surface area contributed by atoms with Crippen LogP contribution in [0.25, 0.3) is 0 Å². The Hall–Kier alpha value is -1.20. The lowest BCUT2D eigenvalue weighted by Crippen LogP contribution is -2.44. The average molecular weight is 312 g/mol. The van der Waals surface area contributed by atoms with Crippen molar-refractivity contribution in [2.75, 3.05) is 33.3 Å². The molecule has 5 heteroatoms. The molecule has 1 heterocycles. The molecule has 0 radical (unpaired) electrons. The van der Waals surface area contributed by atoms with Crippen molar-refractivity contribution in [1.82, 2.24) is 10.2 Å². The molecule has 2 rings (SSSR count). The summed E-state index contributed by atoms with van der Waals surface area (Å²) in [5.74, 6) is 1.29. The van der Waals surface area contributed by atoms with E-state index in [2.05, 4.69) is 24.4 Å². The van der Waals surface area contributed by atoms with Gasteiger partial charge < -0.3 is 10.1 Å². The van der Waals surface area contributed by atoms with Crippen molar-refractivity contribution in [3.8, 4) is 5.75 Å². The maximum atomic E-state index is 12.3. The molecular weight excluding hydrogens is 286 g/mol. The number of likely N-dealkylation sites (tertiary alicyclic amines) is 1. The third kappa shape index (κ3) is 5.21. The van der Waals surface area contributed by atoms with Crippen LogP contribution in [0.2, 0.25) is 0 Å². The third-order valence-corrected chi connectivity index (χ3v) is 4.38. The van der Waals surface area contributed by atoms with Gasteiger partial charge in [-0.1, -0.05) is 19.1 Å². The molecule has 3 nitrogen and oxygen atoms in total. The Morgan fingerprint density at radius 3 is 2.41 bits per heavy atom. The molecule has 0 unspecified atom stereocenters. The van der Waals surface area contributed by atoms with Gasteiger partial charge in [0, 0.05) is 12.6 Å². The highest BCUT2D eigenvalue weighted by atomic mass is 19.3. The molecule has 1 fully saturated rings. The summed E-state index contributed by atoms with van der Waals surface area (Å²) in [5, 5.41) is 3.58. The van der Waals surface area contributed by atoms with Crippen molar-refractivity contribution in [3.05, 3.63) is 29.8 Å². The van der Waals surface area contributed by atoms with Crippen LogP contribution in [0.1, 0.15) is 31.2 Å². The molecule has 1 aromatic rings. The minimum absolute atomic E-state index is 0.0883. The largest absolute Gasteiger partial charge is 0.497 e. The first-order valence-corrected chi connectivity index (χ1v) is 7.96. The third-order valence-electron chi connectivity index (χ3n) is 4.38. The number of piperidine rings is 1. The van der Waals surface area contributed by atoms with Crippen LogP contribution in [0.3, 0.4) is 0 Å². The van der Waals surface area contributed by atoms with E-state index in [0.29, 0.717) is 12.0 Å². The maximum absolute atomic E-state index is 12.3. The van der Waals surface area contributed by atoms with Crippen molar-refractivity contribution in [2.45, 2.75) is 38.2 Å². The molecule has 1 aromatic carbocycles. The molecule has 1 N–H and O–H groups in total. The molecule has 0 bridgehead atoms. The second kappa shape index (κ2) is 8.44. The predicted molar refractivity (Wildman–Crippen MR) is 84.9 cm³/mol. The van der Waals surface area contributed by atoms with Crippen LogP contribution < -0.4 is 10.1 Å². The zero-order chi connectivity index (χ0) is 15.9. The smallest absolute Gasteiger partial charge is 0.251 e. The molecule has 1 saturated heterocycles. The quantitative estimate of drug-likeness (QED) is 0.837. The van der Waals surface area contributed by atoms with E-state index in [1.54, 1.807) is 7.11 Å². The first-order valence-electron chi connectivity index (χ1n) is 7.96. The maximum Gasteiger partial charge on any atom is 0.251 e. The van der Waals surface area contributed by atoms with Crippen molar-refractivity contribution in [1.29, 1.82) is 0 Å². The molecule has 0 saturated carbocycles. The van der Waals surface area contributed by atoms with Gasteiger partial charge >= 0.3 is 0 Å². The van der Waals surface area contributed by atoms with Crippen LogP contribution in [0.4, 0.5) is 8.78 Å². The zero-order valence-corrected chi connectivity index (χ0v) is 13.4. The zero-order valence-electron chi connectivity index (χ0n) is 13.4. The molecule has 0 amide bonds. The highest BCUT2D eigenvalue weighted by molar-refractivity contribution is 5.29. The van der Waals surface area contributed by atoms with Gasteiger partial charge in [0.05, 0.1) is 13.7 Å². The fraction of sp³-hybridized carbons (Fsp3) is 0.647. The Morgan fingerprint density at radius 1 is 1.23 bits per heavy atom. The highest BCUT2D eigenvalue weighted by Crippen LogP contribution is 2.19. The number of halogens is 2. The fourth-order valence-electron chi connectivity index (χ4n) is 2.91. The Bertz CT molecular complexity index is 431. The normalized spacial score (nSPS) is 18.6. The van der Waals surface area contributed by atoms with Gasteiger partial charge in [0.15, 0.2) is 0 Å². The summed E-state index contributed by atoms with van der Waals surface area (Å²) in [7, 11) is 1.67. The van der Waals surface area contributed by atoms with E-state index < -0.39 is 6.43 Å². The monoisotopic (exact) mass is 312 g/mol. The SMILES string of the molecule is COc1ccc([C@H](C)CNC2CCN(CC(F)F)CC2)cc1. The van der Waals surface area contributed by atoms with Gasteiger partial charge in [0.1, 0.15) is 5.75 Å². The van der Waals surface area contributed by atoms with E-state index in [0.717, 1.165) is 38.2 Å². The average Bonchev–Trinajstić information content (AvgIpc) is 2.53. The number of alkyl halides is 2. The second-order valence-corrected chi connectivity index (χ2v) is 6.05. The molecule has 124 valence electrons. The number of rotatable bonds is 7. The molecule has 0 aliphatic carbocycles. The number of methoxy groups -OCH3 is 1. The van der Waals surface area contributed by atoms with Gasteiger partial charge in [-0.05, 0) is 49.5 Å². The van der Waals surface area contributed by atoms with E-state index >= 15 is 0 Å². The standard InChI is InChI=1S/C17H26F2N2O/c1-13(14-3-5-16(22-2)6-4-14)11-20-15-7-9-21(10-8-15)12-17(18)19/h3-6,13,15,17,20H,7-12H2,1-2H3/t13-/m1/s1. The van der Waals surface area contributed by atoms with Gasteiger partial charge in [-0.3, -0.25) is 4.90 Å². The molecular formula is C17H26F2N2O. The summed E-state index contributed by atoms with van der Waals surface area (Å²) in [6, 6.07) is 8.59. The van der Waals surface area contributed by atoms with Crippen molar-refractivity contribution >= 4 is 0 Å². The fourth-order valence-corrected chi connectivity index (χ4v) is 2.91.